The maximum absolute atomic E-state index is 13.4. The number of halogens is 2. The van der Waals surface area contributed by atoms with Crippen LogP contribution in [0.5, 0.6) is 0 Å². The Bertz CT molecular complexity index is 852. The zero-order valence-electron chi connectivity index (χ0n) is 14.3. The Labute approximate surface area is 146 Å². The first kappa shape index (κ1) is 17.2. The van der Waals surface area contributed by atoms with Crippen molar-refractivity contribution in [3.05, 3.63) is 83.4 Å². The van der Waals surface area contributed by atoms with Crippen LogP contribution in [0.4, 0.5) is 8.78 Å². The Morgan fingerprint density at radius 1 is 0.960 bits per heavy atom. The number of hydrogen-bond acceptors (Lipinski definition) is 2. The summed E-state index contributed by atoms with van der Waals surface area (Å²) in [6.07, 6.45) is 6.91. The van der Waals surface area contributed by atoms with E-state index in [9.17, 15) is 8.78 Å². The van der Waals surface area contributed by atoms with E-state index in [4.69, 9.17) is 0 Å². The molecule has 3 rings (SSSR count). The minimum absolute atomic E-state index is 0.0259. The van der Waals surface area contributed by atoms with Gasteiger partial charge in [0.1, 0.15) is 0 Å². The van der Waals surface area contributed by atoms with E-state index in [1.165, 1.54) is 17.7 Å². The molecule has 2 nitrogen and oxygen atoms in total. The Kier molecular flexibility index (Phi) is 4.88. The number of hydrogen-bond donors (Lipinski definition) is 0. The van der Waals surface area contributed by atoms with Crippen LogP contribution < -0.4 is 0 Å². The minimum Gasteiger partial charge on any atom is -0.264 e. The van der Waals surface area contributed by atoms with E-state index in [1.807, 2.05) is 24.4 Å². The lowest BCUT2D eigenvalue weighted by molar-refractivity contribution is 0.0174. The molecule has 3 aromatic rings. The lowest BCUT2D eigenvalue weighted by Gasteiger charge is -2.13. The molecule has 0 spiro atoms. The van der Waals surface area contributed by atoms with Gasteiger partial charge in [0.25, 0.3) is 5.92 Å². The van der Waals surface area contributed by atoms with E-state index >= 15 is 0 Å². The fourth-order valence-corrected chi connectivity index (χ4v) is 2.91. The summed E-state index contributed by atoms with van der Waals surface area (Å²) < 4.78 is 26.7. The van der Waals surface area contributed by atoms with Gasteiger partial charge in [-0.15, -0.1) is 0 Å². The fourth-order valence-electron chi connectivity index (χ4n) is 2.91. The third-order valence-corrected chi connectivity index (χ3v) is 4.31. The van der Waals surface area contributed by atoms with Crippen LogP contribution in [0.2, 0.25) is 0 Å². The summed E-state index contributed by atoms with van der Waals surface area (Å²) in [6.45, 7) is 3.02. The monoisotopic (exact) mass is 338 g/mol. The summed E-state index contributed by atoms with van der Waals surface area (Å²) in [4.78, 5) is 8.77. The van der Waals surface area contributed by atoms with Crippen molar-refractivity contribution in [2.24, 2.45) is 0 Å². The SMILES string of the molecule is CCc1ccncc1-c1cccnc1Cc1ccc(C(C)(F)F)cc1. The molecule has 0 aliphatic rings. The predicted octanol–water partition coefficient (Wildman–Crippen LogP) is 5.41. The Balaban J connectivity index is 1.94. The van der Waals surface area contributed by atoms with Gasteiger partial charge in [0.15, 0.2) is 0 Å². The van der Waals surface area contributed by atoms with Crippen molar-refractivity contribution in [2.45, 2.75) is 32.6 Å². The molecular formula is C21H20F2N2. The summed E-state index contributed by atoms with van der Waals surface area (Å²) in [7, 11) is 0. The average molecular weight is 338 g/mol. The molecule has 4 heteroatoms. The Morgan fingerprint density at radius 2 is 1.72 bits per heavy atom. The fraction of sp³-hybridized carbons (Fsp3) is 0.238. The molecule has 0 saturated heterocycles. The summed E-state index contributed by atoms with van der Waals surface area (Å²) in [6, 6.07) is 12.4. The molecule has 0 fully saturated rings. The lowest BCUT2D eigenvalue weighted by Crippen LogP contribution is -2.06. The van der Waals surface area contributed by atoms with E-state index < -0.39 is 5.92 Å². The number of rotatable bonds is 5. The van der Waals surface area contributed by atoms with Crippen molar-refractivity contribution in [1.82, 2.24) is 9.97 Å². The van der Waals surface area contributed by atoms with Gasteiger partial charge in [-0.3, -0.25) is 9.97 Å². The smallest absolute Gasteiger partial charge is 0.264 e. The maximum Gasteiger partial charge on any atom is 0.270 e. The number of aryl methyl sites for hydroxylation is 1. The molecule has 0 bridgehead atoms. The summed E-state index contributed by atoms with van der Waals surface area (Å²) in [5.74, 6) is -2.82. The van der Waals surface area contributed by atoms with Crippen LogP contribution in [-0.2, 0) is 18.8 Å². The molecule has 128 valence electrons. The van der Waals surface area contributed by atoms with Crippen molar-refractivity contribution >= 4 is 0 Å². The number of pyridine rings is 2. The van der Waals surface area contributed by atoms with Crippen molar-refractivity contribution in [3.63, 3.8) is 0 Å². The molecule has 0 amide bonds. The molecule has 0 N–H and O–H groups in total. The number of benzene rings is 1. The predicted molar refractivity (Wildman–Crippen MR) is 95.7 cm³/mol. The van der Waals surface area contributed by atoms with Gasteiger partial charge >= 0.3 is 0 Å². The highest BCUT2D eigenvalue weighted by Crippen LogP contribution is 2.29. The molecule has 0 aliphatic carbocycles. The minimum atomic E-state index is -2.82. The van der Waals surface area contributed by atoms with Crippen molar-refractivity contribution in [3.8, 4) is 11.1 Å². The van der Waals surface area contributed by atoms with E-state index in [-0.39, 0.29) is 5.56 Å². The second-order valence-electron chi connectivity index (χ2n) is 6.15. The zero-order chi connectivity index (χ0) is 17.9. The van der Waals surface area contributed by atoms with Crippen LogP contribution in [0.3, 0.4) is 0 Å². The maximum atomic E-state index is 13.4. The van der Waals surface area contributed by atoms with Crippen LogP contribution in [-0.4, -0.2) is 9.97 Å². The second-order valence-corrected chi connectivity index (χ2v) is 6.15. The normalized spacial score (nSPS) is 11.5. The highest BCUT2D eigenvalue weighted by molar-refractivity contribution is 5.69. The molecule has 0 radical (unpaired) electrons. The van der Waals surface area contributed by atoms with Crippen LogP contribution >= 0.6 is 0 Å². The molecular weight excluding hydrogens is 318 g/mol. The number of nitrogens with zero attached hydrogens (tertiary/aromatic N) is 2. The highest BCUT2D eigenvalue weighted by Gasteiger charge is 2.23. The van der Waals surface area contributed by atoms with Gasteiger partial charge < -0.3 is 0 Å². The molecule has 0 saturated carbocycles. The average Bonchev–Trinajstić information content (AvgIpc) is 2.62. The highest BCUT2D eigenvalue weighted by atomic mass is 19.3. The molecule has 2 heterocycles. The summed E-state index contributed by atoms with van der Waals surface area (Å²) in [5, 5.41) is 0. The van der Waals surface area contributed by atoms with Crippen LogP contribution in [0.1, 0.15) is 36.2 Å². The Hall–Kier alpha value is -2.62. The zero-order valence-corrected chi connectivity index (χ0v) is 14.3. The van der Waals surface area contributed by atoms with E-state index in [1.54, 1.807) is 24.5 Å². The number of alkyl halides is 2. The lowest BCUT2D eigenvalue weighted by atomic mass is 9.96. The van der Waals surface area contributed by atoms with Crippen molar-refractivity contribution in [1.29, 1.82) is 0 Å². The third kappa shape index (κ3) is 3.90. The number of aromatic nitrogens is 2. The quantitative estimate of drug-likeness (QED) is 0.622. The van der Waals surface area contributed by atoms with Crippen molar-refractivity contribution in [2.75, 3.05) is 0 Å². The Morgan fingerprint density at radius 3 is 2.40 bits per heavy atom. The summed E-state index contributed by atoms with van der Waals surface area (Å²) in [5.41, 5.74) is 5.22. The molecule has 1 aromatic carbocycles. The first-order valence-corrected chi connectivity index (χ1v) is 8.33. The van der Waals surface area contributed by atoms with E-state index in [0.717, 1.165) is 35.7 Å². The standard InChI is InChI=1S/C21H20F2N2/c1-3-16-10-12-24-14-19(16)18-5-4-11-25-20(18)13-15-6-8-17(9-7-15)21(2,22)23/h4-12,14H,3,13H2,1-2H3. The van der Waals surface area contributed by atoms with E-state index in [0.29, 0.717) is 6.42 Å². The van der Waals surface area contributed by atoms with Gasteiger partial charge in [-0.25, -0.2) is 8.78 Å². The van der Waals surface area contributed by atoms with Gasteiger partial charge in [0.2, 0.25) is 0 Å². The second kappa shape index (κ2) is 7.09. The summed E-state index contributed by atoms with van der Waals surface area (Å²) >= 11 is 0. The first-order chi connectivity index (χ1) is 12.0. The third-order valence-electron chi connectivity index (χ3n) is 4.31. The van der Waals surface area contributed by atoms with Crippen LogP contribution in [0, 0.1) is 0 Å². The van der Waals surface area contributed by atoms with Crippen LogP contribution in [0.25, 0.3) is 11.1 Å². The van der Waals surface area contributed by atoms with Gasteiger partial charge in [0.05, 0.1) is 5.69 Å². The molecule has 0 atom stereocenters. The molecule has 0 unspecified atom stereocenters. The van der Waals surface area contributed by atoms with Gasteiger partial charge in [-0.1, -0.05) is 37.3 Å². The topological polar surface area (TPSA) is 25.8 Å². The molecule has 0 aliphatic heterocycles. The molecule has 25 heavy (non-hydrogen) atoms. The first-order valence-electron chi connectivity index (χ1n) is 8.33. The molecule has 2 aromatic heterocycles. The van der Waals surface area contributed by atoms with Gasteiger partial charge in [-0.05, 0) is 29.7 Å². The van der Waals surface area contributed by atoms with Crippen molar-refractivity contribution < 1.29 is 8.78 Å². The van der Waals surface area contributed by atoms with Gasteiger partial charge in [0, 0.05) is 48.6 Å². The van der Waals surface area contributed by atoms with Crippen LogP contribution in [0.15, 0.2) is 61.1 Å². The largest absolute Gasteiger partial charge is 0.270 e. The van der Waals surface area contributed by atoms with E-state index in [2.05, 4.69) is 16.9 Å². The van der Waals surface area contributed by atoms with Gasteiger partial charge in [-0.2, -0.15) is 0 Å².